The number of urea groups is 1. The number of hydrogen-bond donors (Lipinski definition) is 2. The quantitative estimate of drug-likeness (QED) is 0.707. The van der Waals surface area contributed by atoms with E-state index < -0.39 is 17.9 Å². The fraction of sp³-hybridized carbons (Fsp3) is 0.545. The summed E-state index contributed by atoms with van der Waals surface area (Å²) < 4.78 is 0. The molecule has 3 amide bonds. The first-order chi connectivity index (χ1) is 8.02. The van der Waals surface area contributed by atoms with Gasteiger partial charge in [0.15, 0.2) is 0 Å². The molecule has 1 atom stereocenters. The summed E-state index contributed by atoms with van der Waals surface area (Å²) in [6, 6.07) is -0.457. The van der Waals surface area contributed by atoms with Crippen LogP contribution in [0.2, 0.25) is 0 Å². The number of rotatable bonds is 3. The van der Waals surface area contributed by atoms with Gasteiger partial charge in [0, 0.05) is 25.2 Å². The van der Waals surface area contributed by atoms with Crippen LogP contribution in [0.4, 0.5) is 4.79 Å². The largest absolute Gasteiger partial charge is 0.478 e. The molecule has 6 heteroatoms. The van der Waals surface area contributed by atoms with Crippen LogP contribution in [-0.4, -0.2) is 41.0 Å². The van der Waals surface area contributed by atoms with Gasteiger partial charge < -0.3 is 10.0 Å². The van der Waals surface area contributed by atoms with E-state index in [9.17, 15) is 14.4 Å². The number of imide groups is 1. The van der Waals surface area contributed by atoms with Gasteiger partial charge >= 0.3 is 12.0 Å². The van der Waals surface area contributed by atoms with Gasteiger partial charge in [0.05, 0.1) is 0 Å². The van der Waals surface area contributed by atoms with Crippen LogP contribution in [0, 0.1) is 5.92 Å². The monoisotopic (exact) mass is 240 g/mol. The number of aliphatic carboxylic acids is 1. The summed E-state index contributed by atoms with van der Waals surface area (Å²) in [7, 11) is 0. The summed E-state index contributed by atoms with van der Waals surface area (Å²) in [6.07, 6.45) is 3.48. The third-order valence-electron chi connectivity index (χ3n) is 2.76. The Labute approximate surface area is 99.3 Å². The first kappa shape index (κ1) is 13.2. The van der Waals surface area contributed by atoms with Crippen molar-refractivity contribution in [3.05, 3.63) is 12.2 Å². The van der Waals surface area contributed by atoms with Crippen LogP contribution in [0.5, 0.6) is 0 Å². The molecular formula is C11H16N2O4. The third-order valence-corrected chi connectivity index (χ3v) is 2.76. The van der Waals surface area contributed by atoms with E-state index in [0.717, 1.165) is 18.9 Å². The van der Waals surface area contributed by atoms with E-state index in [1.165, 1.54) is 0 Å². The molecule has 1 saturated heterocycles. The van der Waals surface area contributed by atoms with E-state index >= 15 is 0 Å². The molecule has 0 aromatic carbocycles. The average molecular weight is 240 g/mol. The SMILES string of the molecule is CCC1CCN(C(=O)NC(=O)/C=C/C(=O)O)C1. The molecule has 6 nitrogen and oxygen atoms in total. The summed E-state index contributed by atoms with van der Waals surface area (Å²) in [5, 5.41) is 10.4. The zero-order valence-electron chi connectivity index (χ0n) is 9.68. The minimum atomic E-state index is -1.22. The van der Waals surface area contributed by atoms with Gasteiger partial charge in [-0.25, -0.2) is 9.59 Å². The Morgan fingerprint density at radius 1 is 1.41 bits per heavy atom. The van der Waals surface area contributed by atoms with Crippen molar-refractivity contribution >= 4 is 17.9 Å². The maximum Gasteiger partial charge on any atom is 0.328 e. The van der Waals surface area contributed by atoms with Gasteiger partial charge in [0.1, 0.15) is 0 Å². The maximum absolute atomic E-state index is 11.6. The van der Waals surface area contributed by atoms with Gasteiger partial charge in [-0.3, -0.25) is 10.1 Å². The summed E-state index contributed by atoms with van der Waals surface area (Å²) >= 11 is 0. The van der Waals surface area contributed by atoms with E-state index in [2.05, 4.69) is 12.2 Å². The number of carbonyl (C=O) groups is 3. The fourth-order valence-corrected chi connectivity index (χ4v) is 1.72. The summed E-state index contributed by atoms with van der Waals surface area (Å²) in [4.78, 5) is 34.5. The molecule has 1 aliphatic heterocycles. The molecule has 1 fully saturated rings. The lowest BCUT2D eigenvalue weighted by Gasteiger charge is -2.15. The Morgan fingerprint density at radius 2 is 2.12 bits per heavy atom. The summed E-state index contributed by atoms with van der Waals surface area (Å²) in [5.41, 5.74) is 0. The molecule has 0 aromatic heterocycles. The lowest BCUT2D eigenvalue weighted by Crippen LogP contribution is -2.41. The zero-order valence-corrected chi connectivity index (χ0v) is 9.68. The van der Waals surface area contributed by atoms with Crippen molar-refractivity contribution in [2.75, 3.05) is 13.1 Å². The lowest BCUT2D eigenvalue weighted by molar-refractivity contribution is -0.131. The molecule has 0 spiro atoms. The number of nitrogens with one attached hydrogen (secondary N) is 1. The Kier molecular flexibility index (Phi) is 4.68. The number of amides is 3. The van der Waals surface area contributed by atoms with E-state index in [1.807, 2.05) is 0 Å². The third kappa shape index (κ3) is 4.26. The van der Waals surface area contributed by atoms with Crippen LogP contribution >= 0.6 is 0 Å². The predicted molar refractivity (Wildman–Crippen MR) is 60.3 cm³/mol. The highest BCUT2D eigenvalue weighted by molar-refractivity contribution is 6.02. The second kappa shape index (κ2) is 6.03. The van der Waals surface area contributed by atoms with Crippen molar-refractivity contribution < 1.29 is 19.5 Å². The molecule has 1 aliphatic rings. The van der Waals surface area contributed by atoms with Crippen LogP contribution < -0.4 is 5.32 Å². The Morgan fingerprint density at radius 3 is 2.65 bits per heavy atom. The molecule has 1 rings (SSSR count). The molecule has 17 heavy (non-hydrogen) atoms. The highest BCUT2D eigenvalue weighted by Crippen LogP contribution is 2.18. The minimum absolute atomic E-state index is 0.457. The average Bonchev–Trinajstić information content (AvgIpc) is 2.74. The number of nitrogens with zero attached hydrogens (tertiary/aromatic N) is 1. The molecule has 1 heterocycles. The van der Waals surface area contributed by atoms with E-state index in [4.69, 9.17) is 5.11 Å². The molecule has 0 saturated carbocycles. The normalized spacial score (nSPS) is 19.6. The molecule has 2 N–H and O–H groups in total. The molecular weight excluding hydrogens is 224 g/mol. The fourth-order valence-electron chi connectivity index (χ4n) is 1.72. The number of carboxylic acids is 1. The molecule has 1 unspecified atom stereocenters. The summed E-state index contributed by atoms with van der Waals surface area (Å²) in [6.45, 7) is 3.35. The van der Waals surface area contributed by atoms with Gasteiger partial charge in [-0.05, 0) is 12.3 Å². The molecule has 0 bridgehead atoms. The van der Waals surface area contributed by atoms with Crippen LogP contribution in [0.25, 0.3) is 0 Å². The molecule has 0 radical (unpaired) electrons. The number of hydrogen-bond acceptors (Lipinski definition) is 3. The second-order valence-corrected chi connectivity index (χ2v) is 3.97. The smallest absolute Gasteiger partial charge is 0.328 e. The van der Waals surface area contributed by atoms with Crippen molar-refractivity contribution in [2.24, 2.45) is 5.92 Å². The highest BCUT2D eigenvalue weighted by Gasteiger charge is 2.25. The van der Waals surface area contributed by atoms with Crippen molar-refractivity contribution in [1.82, 2.24) is 10.2 Å². The maximum atomic E-state index is 11.6. The van der Waals surface area contributed by atoms with Gasteiger partial charge in [-0.2, -0.15) is 0 Å². The highest BCUT2D eigenvalue weighted by atomic mass is 16.4. The van der Waals surface area contributed by atoms with E-state index in [-0.39, 0.29) is 0 Å². The van der Waals surface area contributed by atoms with Crippen molar-refractivity contribution in [2.45, 2.75) is 19.8 Å². The van der Waals surface area contributed by atoms with Crippen molar-refractivity contribution in [3.63, 3.8) is 0 Å². The zero-order chi connectivity index (χ0) is 12.8. The second-order valence-electron chi connectivity index (χ2n) is 3.97. The lowest BCUT2D eigenvalue weighted by atomic mass is 10.1. The van der Waals surface area contributed by atoms with E-state index in [0.29, 0.717) is 25.1 Å². The first-order valence-electron chi connectivity index (χ1n) is 5.53. The molecule has 0 aromatic rings. The van der Waals surface area contributed by atoms with Gasteiger partial charge in [0.25, 0.3) is 5.91 Å². The van der Waals surface area contributed by atoms with Crippen LogP contribution in [0.15, 0.2) is 12.2 Å². The van der Waals surface area contributed by atoms with Crippen LogP contribution in [0.3, 0.4) is 0 Å². The first-order valence-corrected chi connectivity index (χ1v) is 5.53. The Balaban J connectivity index is 2.39. The van der Waals surface area contributed by atoms with Gasteiger partial charge in [-0.15, -0.1) is 0 Å². The predicted octanol–water partition coefficient (Wildman–Crippen LogP) is 0.595. The van der Waals surface area contributed by atoms with Gasteiger partial charge in [-0.1, -0.05) is 13.3 Å². The van der Waals surface area contributed by atoms with E-state index in [1.54, 1.807) is 4.90 Å². The molecule has 0 aliphatic carbocycles. The number of carboxylic acid groups (broad SMARTS) is 1. The van der Waals surface area contributed by atoms with Crippen molar-refractivity contribution in [1.29, 1.82) is 0 Å². The minimum Gasteiger partial charge on any atom is -0.478 e. The van der Waals surface area contributed by atoms with Crippen LogP contribution in [-0.2, 0) is 9.59 Å². The topological polar surface area (TPSA) is 86.7 Å². The van der Waals surface area contributed by atoms with Crippen LogP contribution in [0.1, 0.15) is 19.8 Å². The summed E-state index contributed by atoms with van der Waals surface area (Å²) in [5.74, 6) is -1.44. The van der Waals surface area contributed by atoms with Crippen molar-refractivity contribution in [3.8, 4) is 0 Å². The Hall–Kier alpha value is -1.85. The van der Waals surface area contributed by atoms with Gasteiger partial charge in [0.2, 0.25) is 0 Å². The number of carbonyl (C=O) groups excluding carboxylic acids is 2. The number of likely N-dealkylation sites (tertiary alicyclic amines) is 1. The standard InChI is InChI=1S/C11H16N2O4/c1-2-8-5-6-13(7-8)11(17)12-9(14)3-4-10(15)16/h3-4,8H,2,5-7H2,1H3,(H,15,16)(H,12,14,17)/b4-3+. The molecule has 94 valence electrons. The Bertz CT molecular complexity index is 351.